The Labute approximate surface area is 99.2 Å². The average Bonchev–Trinajstić information content (AvgIpc) is 2.61. The highest BCUT2D eigenvalue weighted by molar-refractivity contribution is 9.10. The van der Waals surface area contributed by atoms with Crippen molar-refractivity contribution in [2.45, 2.75) is 32.7 Å². The number of hydrogen-bond acceptors (Lipinski definition) is 0. The van der Waals surface area contributed by atoms with E-state index in [0.717, 1.165) is 11.0 Å². The second-order valence-corrected chi connectivity index (χ2v) is 4.84. The molecule has 2 rings (SSSR count). The summed E-state index contributed by atoms with van der Waals surface area (Å²) in [5.74, 6) is 0. The summed E-state index contributed by atoms with van der Waals surface area (Å²) >= 11 is 3.50. The van der Waals surface area contributed by atoms with Gasteiger partial charge in [0, 0.05) is 28.1 Å². The van der Waals surface area contributed by atoms with E-state index in [1.54, 1.807) is 0 Å². The van der Waals surface area contributed by atoms with E-state index in [1.165, 1.54) is 30.2 Å². The Hall–Kier alpha value is -0.760. The van der Waals surface area contributed by atoms with Gasteiger partial charge in [-0.1, -0.05) is 35.7 Å². The van der Waals surface area contributed by atoms with Gasteiger partial charge in [0.25, 0.3) is 0 Å². The fraction of sp³-hybridized carbons (Fsp3) is 0.385. The van der Waals surface area contributed by atoms with E-state index in [0.29, 0.717) is 0 Å². The molecule has 0 aliphatic heterocycles. The van der Waals surface area contributed by atoms with Gasteiger partial charge in [-0.2, -0.15) is 0 Å². The number of aryl methyl sites for hydroxylation is 1. The molecular formula is C13H16BrN. The summed E-state index contributed by atoms with van der Waals surface area (Å²) in [7, 11) is 0. The minimum absolute atomic E-state index is 1.14. The van der Waals surface area contributed by atoms with Crippen molar-refractivity contribution in [2.24, 2.45) is 0 Å². The van der Waals surface area contributed by atoms with Crippen LogP contribution in [0, 0.1) is 0 Å². The van der Waals surface area contributed by atoms with Crippen LogP contribution >= 0.6 is 15.9 Å². The Morgan fingerprint density at radius 3 is 2.87 bits per heavy atom. The van der Waals surface area contributed by atoms with Crippen LogP contribution in [-0.2, 0) is 6.54 Å². The van der Waals surface area contributed by atoms with E-state index >= 15 is 0 Å². The molecule has 0 atom stereocenters. The summed E-state index contributed by atoms with van der Waals surface area (Å²) in [5.41, 5.74) is 1.34. The molecule has 0 fully saturated rings. The van der Waals surface area contributed by atoms with E-state index in [-0.39, 0.29) is 0 Å². The number of hydrogen-bond donors (Lipinski definition) is 0. The molecule has 1 aromatic heterocycles. The van der Waals surface area contributed by atoms with Gasteiger partial charge in [-0.15, -0.1) is 0 Å². The minimum atomic E-state index is 1.14. The maximum absolute atomic E-state index is 3.50. The fourth-order valence-electron chi connectivity index (χ4n) is 1.90. The van der Waals surface area contributed by atoms with Crippen LogP contribution in [0.25, 0.3) is 10.9 Å². The third-order valence-electron chi connectivity index (χ3n) is 2.74. The van der Waals surface area contributed by atoms with Crippen LogP contribution in [0.5, 0.6) is 0 Å². The van der Waals surface area contributed by atoms with E-state index in [4.69, 9.17) is 0 Å². The van der Waals surface area contributed by atoms with Gasteiger partial charge in [-0.3, -0.25) is 0 Å². The van der Waals surface area contributed by atoms with Gasteiger partial charge in [-0.05, 0) is 30.7 Å². The van der Waals surface area contributed by atoms with Crippen molar-refractivity contribution in [1.29, 1.82) is 0 Å². The zero-order chi connectivity index (χ0) is 10.7. The SMILES string of the molecule is CCCCCn1ccc2cc(Br)ccc21. The number of unbranched alkanes of at least 4 members (excludes halogenated alkanes) is 2. The van der Waals surface area contributed by atoms with E-state index in [9.17, 15) is 0 Å². The maximum atomic E-state index is 3.50. The molecule has 2 heteroatoms. The molecule has 15 heavy (non-hydrogen) atoms. The van der Waals surface area contributed by atoms with Crippen LogP contribution < -0.4 is 0 Å². The highest BCUT2D eigenvalue weighted by atomic mass is 79.9. The predicted octanol–water partition coefficient (Wildman–Crippen LogP) is 4.59. The molecule has 0 saturated carbocycles. The van der Waals surface area contributed by atoms with Crippen molar-refractivity contribution >= 4 is 26.8 Å². The molecule has 0 saturated heterocycles. The molecule has 0 radical (unpaired) electrons. The van der Waals surface area contributed by atoms with Crippen molar-refractivity contribution in [3.8, 4) is 0 Å². The molecule has 0 amide bonds. The number of fused-ring (bicyclic) bond motifs is 1. The lowest BCUT2D eigenvalue weighted by atomic mass is 10.2. The molecular weight excluding hydrogens is 250 g/mol. The minimum Gasteiger partial charge on any atom is -0.347 e. The zero-order valence-corrected chi connectivity index (χ0v) is 10.6. The van der Waals surface area contributed by atoms with Crippen molar-refractivity contribution in [2.75, 3.05) is 0 Å². The molecule has 0 aliphatic carbocycles. The lowest BCUT2D eigenvalue weighted by Gasteiger charge is -2.04. The summed E-state index contributed by atoms with van der Waals surface area (Å²) in [6, 6.07) is 8.65. The first-order chi connectivity index (χ1) is 7.31. The van der Waals surface area contributed by atoms with Crippen LogP contribution in [0.4, 0.5) is 0 Å². The number of halogens is 1. The van der Waals surface area contributed by atoms with E-state index in [2.05, 4.69) is 57.9 Å². The highest BCUT2D eigenvalue weighted by Crippen LogP contribution is 2.21. The molecule has 2 aromatic rings. The largest absolute Gasteiger partial charge is 0.347 e. The lowest BCUT2D eigenvalue weighted by molar-refractivity contribution is 0.616. The van der Waals surface area contributed by atoms with Crippen molar-refractivity contribution in [3.63, 3.8) is 0 Å². The van der Waals surface area contributed by atoms with Crippen LogP contribution in [-0.4, -0.2) is 4.57 Å². The van der Waals surface area contributed by atoms with Crippen molar-refractivity contribution in [1.82, 2.24) is 4.57 Å². The van der Waals surface area contributed by atoms with Gasteiger partial charge in [0.15, 0.2) is 0 Å². The van der Waals surface area contributed by atoms with Gasteiger partial charge >= 0.3 is 0 Å². The molecule has 1 heterocycles. The Morgan fingerprint density at radius 2 is 2.07 bits per heavy atom. The van der Waals surface area contributed by atoms with Crippen molar-refractivity contribution in [3.05, 3.63) is 34.9 Å². The fourth-order valence-corrected chi connectivity index (χ4v) is 2.28. The quantitative estimate of drug-likeness (QED) is 0.713. The zero-order valence-electron chi connectivity index (χ0n) is 9.04. The second-order valence-electron chi connectivity index (χ2n) is 3.92. The normalized spacial score (nSPS) is 11.1. The number of benzene rings is 1. The number of rotatable bonds is 4. The number of nitrogens with zero attached hydrogens (tertiary/aromatic N) is 1. The third-order valence-corrected chi connectivity index (χ3v) is 3.23. The first kappa shape index (κ1) is 10.7. The number of aromatic nitrogens is 1. The van der Waals surface area contributed by atoms with Crippen LogP contribution in [0.3, 0.4) is 0 Å². The molecule has 0 unspecified atom stereocenters. The van der Waals surface area contributed by atoms with E-state index < -0.39 is 0 Å². The molecule has 1 aromatic carbocycles. The highest BCUT2D eigenvalue weighted by Gasteiger charge is 2.00. The Balaban J connectivity index is 2.21. The summed E-state index contributed by atoms with van der Waals surface area (Å²) < 4.78 is 3.50. The van der Waals surface area contributed by atoms with Gasteiger partial charge in [0.2, 0.25) is 0 Å². The molecule has 1 nitrogen and oxygen atoms in total. The topological polar surface area (TPSA) is 4.93 Å². The first-order valence-corrected chi connectivity index (χ1v) is 6.35. The van der Waals surface area contributed by atoms with Crippen LogP contribution in [0.2, 0.25) is 0 Å². The second kappa shape index (κ2) is 4.84. The standard InChI is InChI=1S/C13H16BrN/c1-2-3-4-8-15-9-7-11-10-12(14)5-6-13(11)15/h5-7,9-10H,2-4,8H2,1H3. The Kier molecular flexibility index (Phi) is 3.47. The lowest BCUT2D eigenvalue weighted by Crippen LogP contribution is -1.95. The average molecular weight is 266 g/mol. The Bertz CT molecular complexity index is 445. The summed E-state index contributed by atoms with van der Waals surface area (Å²) in [6.07, 6.45) is 6.06. The van der Waals surface area contributed by atoms with Gasteiger partial charge in [0.05, 0.1) is 0 Å². The third kappa shape index (κ3) is 2.43. The van der Waals surface area contributed by atoms with Gasteiger partial charge in [-0.25, -0.2) is 0 Å². The monoisotopic (exact) mass is 265 g/mol. The molecule has 0 N–H and O–H groups in total. The smallest absolute Gasteiger partial charge is 0.0481 e. The molecule has 0 spiro atoms. The van der Waals surface area contributed by atoms with Gasteiger partial charge < -0.3 is 4.57 Å². The maximum Gasteiger partial charge on any atom is 0.0481 e. The summed E-state index contributed by atoms with van der Waals surface area (Å²) in [4.78, 5) is 0. The molecule has 0 bridgehead atoms. The van der Waals surface area contributed by atoms with Crippen LogP contribution in [0.15, 0.2) is 34.9 Å². The van der Waals surface area contributed by atoms with E-state index in [1.807, 2.05) is 0 Å². The predicted molar refractivity (Wildman–Crippen MR) is 69.2 cm³/mol. The Morgan fingerprint density at radius 1 is 1.20 bits per heavy atom. The van der Waals surface area contributed by atoms with Gasteiger partial charge in [0.1, 0.15) is 0 Å². The summed E-state index contributed by atoms with van der Waals surface area (Å²) in [6.45, 7) is 3.38. The first-order valence-electron chi connectivity index (χ1n) is 5.55. The summed E-state index contributed by atoms with van der Waals surface area (Å²) in [5, 5.41) is 1.32. The van der Waals surface area contributed by atoms with Crippen molar-refractivity contribution < 1.29 is 0 Å². The molecule has 80 valence electrons. The molecule has 0 aliphatic rings. The van der Waals surface area contributed by atoms with Crippen LogP contribution in [0.1, 0.15) is 26.2 Å².